The fourth-order valence-corrected chi connectivity index (χ4v) is 20.6. The van der Waals surface area contributed by atoms with E-state index in [0.29, 0.717) is 150 Å². The maximum Gasteiger partial charge on any atom is 0.416 e. The standard InChI is InChI=1S/C35H44F4N4O4.C33H40F4N4O5.C33H41F3N4O5/c1-23-15-26(18-28(16-23)35(37,38)39)22-47-34(46)42-20-27(17-24-10-12-29(36)13-11-24)32(44)43-30(9-5-6-14-40)33(45)41(21-31(42)43)19-25-7-3-2-4-8-25;1-21-13-23(16-25(14-21)33(35,36)37)20-46-32(44)40-17-24(15-22-7-9-26(34)10-8-22)30(42)41-28(6-2-3-11-38)31(43)39(19-29(40)41)18-27-5-4-12-45-27;1-22-14-24(17-26(15-22)33(34,35)36)21-45-32(43)39-18-25(16-23-8-3-2-4-9-23)30(41)40-28(11-5-6-12-37)31(42)38(20-29(39)40)19-27-10-7-13-44-27/h10-13,15-16,18,25,27,30-31H,2-9,14,17,19-22,40H2,1H3;7-10,13-14,16,24,27-29H,2-6,11-12,15,17-20,38H2,1H3;2-4,8-9,14-15,17,25,27-29H,5-7,10-13,16,18-21,37H2,1H3/t27-,30+,31-;24-,27?,28+,29-;25-,27?,28-,29+/m110/s1. The average molecular weight is 1940 g/mol. The highest BCUT2D eigenvalue weighted by Crippen LogP contribution is 2.41. The van der Waals surface area contributed by atoms with Crippen LogP contribution in [0.15, 0.2) is 133 Å². The second kappa shape index (κ2) is 47.3. The van der Waals surface area contributed by atoms with Crippen LogP contribution in [0.5, 0.6) is 0 Å². The summed E-state index contributed by atoms with van der Waals surface area (Å²) in [7, 11) is 0. The van der Waals surface area contributed by atoms with Gasteiger partial charge in [-0.05, 0) is 256 Å². The summed E-state index contributed by atoms with van der Waals surface area (Å²) >= 11 is 0. The Hall–Kier alpha value is -11.0. The zero-order valence-electron chi connectivity index (χ0n) is 78.1. The molecule has 8 saturated heterocycles. The number of amides is 9. The van der Waals surface area contributed by atoms with Gasteiger partial charge in [0.1, 0.15) is 68.1 Å². The van der Waals surface area contributed by atoms with Crippen molar-refractivity contribution in [2.75, 3.05) is 91.8 Å². The Morgan fingerprint density at radius 2 is 0.674 bits per heavy atom. The number of carbonyl (C=O) groups is 9. The van der Waals surface area contributed by atoms with E-state index in [1.807, 2.05) is 30.3 Å². The molecule has 6 N–H and O–H groups in total. The first-order valence-electron chi connectivity index (χ1n) is 48.0. The Kier molecular flexibility index (Phi) is 35.8. The number of benzene rings is 6. The molecule has 0 bridgehead atoms. The lowest BCUT2D eigenvalue weighted by atomic mass is 9.87. The SMILES string of the molecule is Cc1cc(COC(=O)N2C[C@@H](Cc3ccc(F)cc3)C(=O)N3[C@@H]2CN(CC2CCCCC2)C(=O)[C@@H]3CCCCN)cc(C(F)(F)F)c1.Cc1cc(COC(=O)N2C[C@@H](Cc3ccc(F)cc3)C(=O)N3[C@@H]2CN(CC2CCCO2)C(=O)[C@@H]3CCCCN)cc(C(F)(F)F)c1.Cc1cc(COC(=O)N2C[C@H](Cc3ccccc3)C(=O)N3[C@@H]2CN(CC2CCCO2)C(=O)[C@@H]3CCCCN)cc(C(F)(F)F)c1. The summed E-state index contributed by atoms with van der Waals surface area (Å²) < 4.78 is 177. The van der Waals surface area contributed by atoms with Crippen molar-refractivity contribution in [1.29, 1.82) is 0 Å². The third-order valence-corrected chi connectivity index (χ3v) is 27.2. The number of hydrogen-bond donors (Lipinski definition) is 3. The molecule has 11 atom stereocenters. The van der Waals surface area contributed by atoms with Gasteiger partial charge in [0.25, 0.3) is 0 Å². The maximum atomic E-state index is 14.2. The molecule has 8 heterocycles. The van der Waals surface area contributed by atoms with E-state index < -0.39 is 133 Å². The van der Waals surface area contributed by atoms with Crippen LogP contribution < -0.4 is 17.2 Å². The number of nitrogens with zero attached hydrogens (tertiary/aromatic N) is 9. The Morgan fingerprint density at radius 1 is 0.362 bits per heavy atom. The third kappa shape index (κ3) is 27.0. The number of alkyl halides is 9. The van der Waals surface area contributed by atoms with Crippen LogP contribution in [-0.2, 0) is 110 Å². The first-order valence-corrected chi connectivity index (χ1v) is 48.0. The Morgan fingerprint density at radius 3 is 0.971 bits per heavy atom. The highest BCUT2D eigenvalue weighted by molar-refractivity contribution is 5.94. The van der Waals surface area contributed by atoms with Crippen molar-refractivity contribution in [2.24, 2.45) is 40.9 Å². The van der Waals surface area contributed by atoms with Crippen molar-refractivity contribution >= 4 is 53.7 Å². The van der Waals surface area contributed by atoms with Crippen LogP contribution in [0.3, 0.4) is 0 Å². The molecule has 9 amide bonds. The molecule has 750 valence electrons. The number of hydrogen-bond acceptors (Lipinski definition) is 17. The van der Waals surface area contributed by atoms with E-state index in [0.717, 1.165) is 99.7 Å². The summed E-state index contributed by atoms with van der Waals surface area (Å²) in [5.41, 5.74) is 18.7. The highest BCUT2D eigenvalue weighted by Gasteiger charge is 2.57. The molecule has 37 heteroatoms. The lowest BCUT2D eigenvalue weighted by molar-refractivity contribution is -0.174. The fourth-order valence-electron chi connectivity index (χ4n) is 20.6. The second-order valence-electron chi connectivity index (χ2n) is 37.8. The van der Waals surface area contributed by atoms with E-state index in [-0.39, 0.29) is 123 Å². The van der Waals surface area contributed by atoms with E-state index in [9.17, 15) is 91.4 Å². The van der Waals surface area contributed by atoms with Crippen LogP contribution >= 0.6 is 0 Å². The van der Waals surface area contributed by atoms with Gasteiger partial charge in [0.05, 0.1) is 66.3 Å². The zero-order valence-corrected chi connectivity index (χ0v) is 78.1. The number of piperazine rings is 3. The van der Waals surface area contributed by atoms with Gasteiger partial charge < -0.3 is 70.3 Å². The van der Waals surface area contributed by atoms with Gasteiger partial charge in [-0.15, -0.1) is 0 Å². The van der Waals surface area contributed by atoms with Crippen LogP contribution in [0.4, 0.5) is 62.7 Å². The average Bonchev–Trinajstić information content (AvgIpc) is 0.771. The molecule has 8 aliphatic heterocycles. The molecule has 9 fully saturated rings. The number of ether oxygens (including phenoxy) is 5. The molecule has 1 aliphatic carbocycles. The molecule has 138 heavy (non-hydrogen) atoms. The smallest absolute Gasteiger partial charge is 0.416 e. The van der Waals surface area contributed by atoms with Crippen molar-refractivity contribution in [3.05, 3.63) is 212 Å². The fraction of sp³-hybridized carbons (Fsp3) is 0.554. The number of rotatable bonds is 30. The van der Waals surface area contributed by atoms with Gasteiger partial charge in [-0.2, -0.15) is 39.5 Å². The van der Waals surface area contributed by atoms with E-state index >= 15 is 0 Å². The monoisotopic (exact) mass is 1940 g/mol. The second-order valence-corrected chi connectivity index (χ2v) is 37.8. The van der Waals surface area contributed by atoms with Crippen LogP contribution in [0.1, 0.15) is 182 Å². The Balaban J connectivity index is 0.000000175. The summed E-state index contributed by atoms with van der Waals surface area (Å²) in [6, 6.07) is 29.0. The quantitative estimate of drug-likeness (QED) is 0.0214. The van der Waals surface area contributed by atoms with Crippen molar-refractivity contribution in [3.8, 4) is 0 Å². The molecule has 9 aliphatic rings. The number of aryl methyl sites for hydroxylation is 3. The van der Waals surface area contributed by atoms with Crippen molar-refractivity contribution in [3.63, 3.8) is 0 Å². The number of unbranched alkanes of at least 4 members (excludes halogenated alkanes) is 3. The van der Waals surface area contributed by atoms with Gasteiger partial charge in [0.2, 0.25) is 35.4 Å². The largest absolute Gasteiger partial charge is 0.444 e. The summed E-state index contributed by atoms with van der Waals surface area (Å²) in [6.45, 7) is 7.40. The molecule has 26 nitrogen and oxygen atoms in total. The molecule has 15 rings (SSSR count). The molecular weight excluding hydrogens is 1810 g/mol. The van der Waals surface area contributed by atoms with Crippen molar-refractivity contribution < 1.29 is 115 Å². The third-order valence-electron chi connectivity index (χ3n) is 27.2. The first kappa shape index (κ1) is 104. The molecular formula is C101H125F11N12O14. The van der Waals surface area contributed by atoms with Crippen molar-refractivity contribution in [1.82, 2.24) is 44.1 Å². The topological polar surface area (TPSA) is 307 Å². The molecule has 6 aromatic rings. The Bertz CT molecular complexity index is 5160. The van der Waals surface area contributed by atoms with E-state index in [1.165, 1.54) is 67.8 Å². The first-order chi connectivity index (χ1) is 65.9. The van der Waals surface area contributed by atoms with Gasteiger partial charge in [0.15, 0.2) is 0 Å². The lowest BCUT2D eigenvalue weighted by Gasteiger charge is -2.54. The van der Waals surface area contributed by atoms with E-state index in [4.69, 9.17) is 40.9 Å². The molecule has 6 aromatic carbocycles. The van der Waals surface area contributed by atoms with Crippen LogP contribution in [0.25, 0.3) is 0 Å². The number of carbonyl (C=O) groups excluding carboxylic acids is 9. The Labute approximate surface area is 796 Å². The lowest BCUT2D eigenvalue weighted by Crippen LogP contribution is -2.73. The summed E-state index contributed by atoms with van der Waals surface area (Å²) in [5, 5.41) is 0. The highest BCUT2D eigenvalue weighted by atomic mass is 19.4. The summed E-state index contributed by atoms with van der Waals surface area (Å²) in [4.78, 5) is 140. The van der Waals surface area contributed by atoms with E-state index in [2.05, 4.69) is 0 Å². The molecule has 0 radical (unpaired) electrons. The predicted molar refractivity (Wildman–Crippen MR) is 486 cm³/mol. The number of fused-ring (bicyclic) bond motifs is 3. The van der Waals surface area contributed by atoms with E-state index in [1.54, 1.807) is 63.8 Å². The summed E-state index contributed by atoms with van der Waals surface area (Å²) in [5.74, 6) is -3.98. The van der Waals surface area contributed by atoms with Gasteiger partial charge in [-0.1, -0.05) is 109 Å². The minimum atomic E-state index is -4.56. The summed E-state index contributed by atoms with van der Waals surface area (Å²) in [6.07, 6.45) is -4.30. The minimum absolute atomic E-state index is 0.0151. The molecule has 0 spiro atoms. The molecule has 1 saturated carbocycles. The maximum absolute atomic E-state index is 14.2. The van der Waals surface area contributed by atoms with Crippen LogP contribution in [0.2, 0.25) is 0 Å². The van der Waals surface area contributed by atoms with Crippen molar-refractivity contribution in [2.45, 2.75) is 243 Å². The zero-order chi connectivity index (χ0) is 98.9. The number of halogens is 11. The van der Waals surface area contributed by atoms with Gasteiger partial charge in [-0.3, -0.25) is 43.5 Å². The number of nitrogens with two attached hydrogens (primary N) is 3. The van der Waals surface area contributed by atoms with Gasteiger partial charge >= 0.3 is 36.8 Å². The normalized spacial score (nSPS) is 23.3. The van der Waals surface area contributed by atoms with Crippen LogP contribution in [-0.4, -0.2) is 238 Å². The predicted octanol–water partition coefficient (Wildman–Crippen LogP) is 15.2. The van der Waals surface area contributed by atoms with Crippen LogP contribution in [0, 0.1) is 56.1 Å². The molecule has 2 unspecified atom stereocenters. The van der Waals surface area contributed by atoms with Gasteiger partial charge in [0, 0.05) is 52.5 Å². The van der Waals surface area contributed by atoms with Gasteiger partial charge in [-0.25, -0.2) is 23.2 Å². The minimum Gasteiger partial charge on any atom is -0.444 e. The molecule has 0 aromatic heterocycles.